The normalized spacial score (nSPS) is 11.6. The van der Waals surface area contributed by atoms with Crippen molar-refractivity contribution in [1.29, 1.82) is 0 Å². The van der Waals surface area contributed by atoms with E-state index in [2.05, 4.69) is 16.2 Å². The molecule has 0 saturated carbocycles. The fourth-order valence-electron chi connectivity index (χ4n) is 2.59. The van der Waals surface area contributed by atoms with Gasteiger partial charge in [0.1, 0.15) is 17.6 Å². The highest BCUT2D eigenvalue weighted by molar-refractivity contribution is 5.96. The number of carbonyl (C=O) groups excluding carboxylic acids is 2. The van der Waals surface area contributed by atoms with Crippen LogP contribution in [0.4, 0.5) is 10.1 Å². The summed E-state index contributed by atoms with van der Waals surface area (Å²) in [6.45, 7) is 0. The molecule has 0 aliphatic carbocycles. The van der Waals surface area contributed by atoms with E-state index in [1.165, 1.54) is 24.3 Å². The van der Waals surface area contributed by atoms with Crippen LogP contribution in [0.15, 0.2) is 72.9 Å². The molecule has 138 valence electrons. The second kappa shape index (κ2) is 8.29. The number of benzene rings is 2. The molecule has 3 N–H and O–H groups in total. The number of nitrogens with zero attached hydrogens (tertiary/aromatic N) is 1. The van der Waals surface area contributed by atoms with E-state index in [9.17, 15) is 14.0 Å². The predicted molar refractivity (Wildman–Crippen MR) is 100 cm³/mol. The van der Waals surface area contributed by atoms with Gasteiger partial charge in [-0.05, 0) is 42.0 Å². The van der Waals surface area contributed by atoms with E-state index in [1.807, 2.05) is 6.07 Å². The number of rotatable bonds is 6. The first-order valence-corrected chi connectivity index (χ1v) is 8.33. The number of anilines is 1. The number of carbonyl (C=O) groups is 2. The van der Waals surface area contributed by atoms with Crippen molar-refractivity contribution in [1.82, 2.24) is 15.4 Å². The Morgan fingerprint density at radius 3 is 2.30 bits per heavy atom. The fourth-order valence-corrected chi connectivity index (χ4v) is 2.59. The molecule has 27 heavy (non-hydrogen) atoms. The van der Waals surface area contributed by atoms with Crippen molar-refractivity contribution in [2.24, 2.45) is 7.05 Å². The molecule has 2 amide bonds. The van der Waals surface area contributed by atoms with Gasteiger partial charge in [0.15, 0.2) is 0 Å². The molecule has 0 aliphatic rings. The summed E-state index contributed by atoms with van der Waals surface area (Å²) < 4.78 is 14.7. The van der Waals surface area contributed by atoms with Gasteiger partial charge >= 0.3 is 0 Å². The average molecular weight is 366 g/mol. The molecule has 1 heterocycles. The Balaban J connectivity index is 1.75. The smallest absolute Gasteiger partial charge is 0.282 e. The number of aryl methyl sites for hydroxylation is 1. The maximum atomic E-state index is 13.0. The number of hydrazine groups is 1. The minimum atomic E-state index is -0.833. The monoisotopic (exact) mass is 366 g/mol. The zero-order valence-corrected chi connectivity index (χ0v) is 14.6. The van der Waals surface area contributed by atoms with Crippen molar-refractivity contribution in [3.8, 4) is 0 Å². The first-order valence-electron chi connectivity index (χ1n) is 8.33. The second-order valence-electron chi connectivity index (χ2n) is 5.94. The first kappa shape index (κ1) is 18.3. The lowest BCUT2D eigenvalue weighted by atomic mass is 10.1. The molecule has 1 aromatic heterocycles. The van der Waals surface area contributed by atoms with Crippen LogP contribution in [0.25, 0.3) is 0 Å². The van der Waals surface area contributed by atoms with Crippen molar-refractivity contribution >= 4 is 17.5 Å². The van der Waals surface area contributed by atoms with Gasteiger partial charge in [-0.25, -0.2) is 9.82 Å². The summed E-state index contributed by atoms with van der Waals surface area (Å²) in [6, 6.07) is 17.0. The van der Waals surface area contributed by atoms with E-state index in [0.717, 1.165) is 0 Å². The van der Waals surface area contributed by atoms with Crippen LogP contribution in [0.5, 0.6) is 0 Å². The van der Waals surface area contributed by atoms with Gasteiger partial charge in [0.25, 0.3) is 5.91 Å². The molecule has 0 aliphatic heterocycles. The number of hydrogen-bond donors (Lipinski definition) is 3. The standard InChI is InChI=1S/C20H19FN4O2/c1-25-13-5-8-17(25)19(26)24-23-18(14-6-3-2-4-7-14)20(27)22-16-11-9-15(21)10-12-16/h2-13,18,23H,1H3,(H,22,27)(H,24,26). The van der Waals surface area contributed by atoms with Crippen molar-refractivity contribution < 1.29 is 14.0 Å². The number of hydrogen-bond acceptors (Lipinski definition) is 3. The molecule has 3 rings (SSSR count). The van der Waals surface area contributed by atoms with E-state index in [4.69, 9.17) is 0 Å². The minimum Gasteiger partial charge on any atom is -0.347 e. The fraction of sp³-hybridized carbons (Fsp3) is 0.100. The molecular weight excluding hydrogens is 347 g/mol. The maximum absolute atomic E-state index is 13.0. The molecule has 6 nitrogen and oxygen atoms in total. The first-order chi connectivity index (χ1) is 13.0. The Labute approximate surface area is 156 Å². The van der Waals surface area contributed by atoms with Crippen molar-refractivity contribution in [3.63, 3.8) is 0 Å². The Kier molecular flexibility index (Phi) is 5.63. The van der Waals surface area contributed by atoms with Crippen LogP contribution in [0.3, 0.4) is 0 Å². The Hall–Kier alpha value is -3.45. The molecule has 0 fully saturated rings. The summed E-state index contributed by atoms with van der Waals surface area (Å²) in [7, 11) is 1.75. The van der Waals surface area contributed by atoms with E-state index in [0.29, 0.717) is 16.9 Å². The predicted octanol–water partition coefficient (Wildman–Crippen LogP) is 2.78. The molecule has 3 aromatic rings. The third kappa shape index (κ3) is 4.59. The summed E-state index contributed by atoms with van der Waals surface area (Å²) in [6.07, 6.45) is 1.75. The van der Waals surface area contributed by atoms with Crippen LogP contribution in [0.1, 0.15) is 22.1 Å². The van der Waals surface area contributed by atoms with E-state index >= 15 is 0 Å². The third-order valence-electron chi connectivity index (χ3n) is 4.01. The summed E-state index contributed by atoms with van der Waals surface area (Å²) in [5.41, 5.74) is 6.93. The van der Waals surface area contributed by atoms with Crippen molar-refractivity contribution in [2.75, 3.05) is 5.32 Å². The summed E-state index contributed by atoms with van der Waals surface area (Å²) in [5.74, 6) is -1.14. The minimum absolute atomic E-state index is 0.363. The lowest BCUT2D eigenvalue weighted by Gasteiger charge is -2.19. The van der Waals surface area contributed by atoms with E-state index in [1.54, 1.807) is 54.2 Å². The second-order valence-corrected chi connectivity index (χ2v) is 5.94. The van der Waals surface area contributed by atoms with E-state index < -0.39 is 6.04 Å². The van der Waals surface area contributed by atoms with Crippen LogP contribution in [-0.2, 0) is 11.8 Å². The van der Waals surface area contributed by atoms with Crippen LogP contribution in [0, 0.1) is 5.82 Å². The number of amides is 2. The zero-order valence-electron chi connectivity index (χ0n) is 14.6. The quantitative estimate of drug-likeness (QED) is 0.587. The van der Waals surface area contributed by atoms with E-state index in [-0.39, 0.29) is 17.6 Å². The topological polar surface area (TPSA) is 75.2 Å². The number of halogens is 1. The highest BCUT2D eigenvalue weighted by Gasteiger charge is 2.22. The summed E-state index contributed by atoms with van der Waals surface area (Å²) >= 11 is 0. The SMILES string of the molecule is Cn1cccc1C(=O)NNC(C(=O)Nc1ccc(F)cc1)c1ccccc1. The van der Waals surface area contributed by atoms with Gasteiger partial charge in [-0.2, -0.15) is 0 Å². The highest BCUT2D eigenvalue weighted by Crippen LogP contribution is 2.16. The van der Waals surface area contributed by atoms with Gasteiger partial charge in [-0.3, -0.25) is 15.0 Å². The third-order valence-corrected chi connectivity index (χ3v) is 4.01. The molecule has 1 atom stereocenters. The lowest BCUT2D eigenvalue weighted by Crippen LogP contribution is -2.45. The molecule has 0 spiro atoms. The zero-order chi connectivity index (χ0) is 19.2. The van der Waals surface area contributed by atoms with Crippen LogP contribution < -0.4 is 16.2 Å². The van der Waals surface area contributed by atoms with Gasteiger partial charge in [-0.15, -0.1) is 0 Å². The molecular formula is C20H19FN4O2. The molecule has 0 saturated heterocycles. The van der Waals surface area contributed by atoms with Gasteiger partial charge in [0.05, 0.1) is 0 Å². The Morgan fingerprint density at radius 2 is 1.67 bits per heavy atom. The Morgan fingerprint density at radius 1 is 0.963 bits per heavy atom. The van der Waals surface area contributed by atoms with Gasteiger partial charge in [0, 0.05) is 18.9 Å². The molecule has 1 unspecified atom stereocenters. The largest absolute Gasteiger partial charge is 0.347 e. The summed E-state index contributed by atoms with van der Waals surface area (Å²) in [4.78, 5) is 25.1. The maximum Gasteiger partial charge on any atom is 0.282 e. The molecule has 0 bridgehead atoms. The van der Waals surface area contributed by atoms with Crippen molar-refractivity contribution in [3.05, 3.63) is 90.0 Å². The molecule has 7 heteroatoms. The van der Waals surface area contributed by atoms with Gasteiger partial charge < -0.3 is 9.88 Å². The highest BCUT2D eigenvalue weighted by atomic mass is 19.1. The molecule has 0 radical (unpaired) electrons. The number of nitrogens with one attached hydrogen (secondary N) is 3. The lowest BCUT2D eigenvalue weighted by molar-refractivity contribution is -0.118. The average Bonchev–Trinajstić information content (AvgIpc) is 3.10. The van der Waals surface area contributed by atoms with Crippen LogP contribution >= 0.6 is 0 Å². The van der Waals surface area contributed by atoms with Gasteiger partial charge in [0.2, 0.25) is 5.91 Å². The van der Waals surface area contributed by atoms with Crippen molar-refractivity contribution in [2.45, 2.75) is 6.04 Å². The number of aromatic nitrogens is 1. The Bertz CT molecular complexity index is 923. The van der Waals surface area contributed by atoms with Crippen LogP contribution in [0.2, 0.25) is 0 Å². The summed E-state index contributed by atoms with van der Waals surface area (Å²) in [5, 5.41) is 2.71. The molecule has 2 aromatic carbocycles. The van der Waals surface area contributed by atoms with Gasteiger partial charge in [-0.1, -0.05) is 30.3 Å². The van der Waals surface area contributed by atoms with Crippen LogP contribution in [-0.4, -0.2) is 16.4 Å².